The maximum absolute atomic E-state index is 10.1. The summed E-state index contributed by atoms with van der Waals surface area (Å²) in [5, 5.41) is 24.9. The third-order valence-electron chi connectivity index (χ3n) is 0.953. The van der Waals surface area contributed by atoms with Gasteiger partial charge in [0.2, 0.25) is 5.39 Å². The minimum atomic E-state index is -1.22. The van der Waals surface area contributed by atoms with Crippen LogP contribution in [0.3, 0.4) is 0 Å². The number of carboxylic acids is 1. The molecule has 0 aliphatic rings. The van der Waals surface area contributed by atoms with Crippen LogP contribution in [0, 0.1) is 5.39 Å². The van der Waals surface area contributed by atoms with Crippen molar-refractivity contribution < 1.29 is 15.0 Å². The van der Waals surface area contributed by atoms with Gasteiger partial charge >= 0.3 is 12.2 Å². The number of aliphatic hydroxyl groups excluding tert-OH is 1. The Bertz CT molecular complexity index is 218. The summed E-state index contributed by atoms with van der Waals surface area (Å²) < 4.78 is 0. The molecule has 0 radical (unpaired) electrons. The maximum Gasteiger partial charge on any atom is 0.387 e. The zero-order chi connectivity index (χ0) is 8.85. The van der Waals surface area contributed by atoms with Crippen LogP contribution in [-0.2, 0) is 4.79 Å². The monoisotopic (exact) mass is 158 g/mol. The molecule has 6 heteroatoms. The summed E-state index contributed by atoms with van der Waals surface area (Å²) in [6.07, 6.45) is 0.474. The van der Waals surface area contributed by atoms with E-state index < -0.39 is 12.0 Å². The highest BCUT2D eigenvalue weighted by Gasteiger charge is 2.14. The predicted octanol–water partition coefficient (Wildman–Crippen LogP) is 0.0409. The van der Waals surface area contributed by atoms with Gasteiger partial charge in [0.15, 0.2) is 10.7 Å². The van der Waals surface area contributed by atoms with Crippen LogP contribution in [0.1, 0.15) is 6.42 Å². The molecule has 0 saturated heterocycles. The normalized spacial score (nSPS) is 13.6. The Balaban J connectivity index is 3.97. The number of hydrogen-bond donors (Lipinski definition) is 3. The van der Waals surface area contributed by atoms with E-state index in [1.54, 1.807) is 0 Å². The van der Waals surface area contributed by atoms with Crippen molar-refractivity contribution in [3.63, 3.8) is 0 Å². The summed E-state index contributed by atoms with van der Waals surface area (Å²) >= 11 is 0. The van der Waals surface area contributed by atoms with Gasteiger partial charge in [0.25, 0.3) is 0 Å². The molecule has 6 nitrogen and oxygen atoms in total. The minimum Gasteiger partial charge on any atom is -0.505 e. The highest BCUT2D eigenvalue weighted by Crippen LogP contribution is 1.99. The van der Waals surface area contributed by atoms with E-state index in [-0.39, 0.29) is 12.2 Å². The quantitative estimate of drug-likeness (QED) is 0.396. The molecule has 0 saturated carbocycles. The van der Waals surface area contributed by atoms with Crippen LogP contribution in [0.25, 0.3) is 4.98 Å². The first-order valence-corrected chi connectivity index (χ1v) is 2.78. The average Bonchev–Trinajstić information content (AvgIpc) is 1.87. The second-order valence-corrected chi connectivity index (χ2v) is 1.88. The Kier molecular flexibility index (Phi) is 3.62. The Morgan fingerprint density at radius 2 is 2.27 bits per heavy atom. The number of nitrogens with two attached hydrogens (primary N) is 1. The van der Waals surface area contributed by atoms with Gasteiger partial charge in [-0.05, 0) is 0 Å². The number of nitrogens with zero attached hydrogens (tertiary/aromatic N) is 2. The smallest absolute Gasteiger partial charge is 0.387 e. The van der Waals surface area contributed by atoms with Gasteiger partial charge in [-0.2, -0.15) is 0 Å². The number of diazo groups is 1. The van der Waals surface area contributed by atoms with E-state index in [0.29, 0.717) is 0 Å². The molecule has 0 bridgehead atoms. The van der Waals surface area contributed by atoms with Crippen molar-refractivity contribution in [3.05, 3.63) is 16.9 Å². The third-order valence-corrected chi connectivity index (χ3v) is 0.953. The van der Waals surface area contributed by atoms with Gasteiger partial charge in [0, 0.05) is 6.42 Å². The van der Waals surface area contributed by atoms with Gasteiger partial charge in [-0.25, -0.2) is 0 Å². The van der Waals surface area contributed by atoms with Crippen LogP contribution >= 0.6 is 0 Å². The molecule has 1 atom stereocenters. The molecule has 0 spiro atoms. The molecule has 0 heterocycles. The standard InChI is InChI=1S/C5H7N3O3/c6-4(5(10)11)1-3(9)2-8-7/h2,4H,1,6H2,(H-,9,10,11)/p+1. The summed E-state index contributed by atoms with van der Waals surface area (Å²) in [5.41, 5.74) is 5.02. The first-order chi connectivity index (χ1) is 5.07. The molecule has 0 aromatic carbocycles. The number of aliphatic hydroxyl groups is 1. The molecular formula is C5H8N3O3+. The maximum atomic E-state index is 10.1. The molecule has 0 aromatic rings. The fourth-order valence-corrected chi connectivity index (χ4v) is 0.432. The number of hydrogen-bond acceptors (Lipinski definition) is 4. The Morgan fingerprint density at radius 3 is 2.64 bits per heavy atom. The van der Waals surface area contributed by atoms with E-state index >= 15 is 0 Å². The lowest BCUT2D eigenvalue weighted by Gasteiger charge is -2.00. The third kappa shape index (κ3) is 3.89. The number of carboxylic acid groups (broad SMARTS) is 1. The van der Waals surface area contributed by atoms with Gasteiger partial charge in [0.1, 0.15) is 6.04 Å². The fourth-order valence-electron chi connectivity index (χ4n) is 0.432. The predicted molar refractivity (Wildman–Crippen MR) is 36.0 cm³/mol. The summed E-state index contributed by atoms with van der Waals surface area (Å²) in [6, 6.07) is -1.17. The van der Waals surface area contributed by atoms with Crippen molar-refractivity contribution >= 4 is 5.97 Å². The second-order valence-electron chi connectivity index (χ2n) is 1.88. The summed E-state index contributed by atoms with van der Waals surface area (Å²) in [5.74, 6) is -1.59. The van der Waals surface area contributed by atoms with Crippen molar-refractivity contribution in [2.75, 3.05) is 0 Å². The zero-order valence-electron chi connectivity index (χ0n) is 5.64. The van der Waals surface area contributed by atoms with Crippen LogP contribution in [0.2, 0.25) is 0 Å². The second kappa shape index (κ2) is 4.24. The summed E-state index contributed by atoms with van der Waals surface area (Å²) in [7, 11) is 0. The van der Waals surface area contributed by atoms with Gasteiger partial charge < -0.3 is 15.9 Å². The van der Waals surface area contributed by atoms with Crippen molar-refractivity contribution in [2.24, 2.45) is 5.73 Å². The molecule has 0 aromatic heterocycles. The SMILES string of the molecule is N#[N+]C=C(O)CC(N)C(=O)O. The van der Waals surface area contributed by atoms with Crippen molar-refractivity contribution in [1.29, 1.82) is 5.39 Å². The summed E-state index contributed by atoms with van der Waals surface area (Å²) in [4.78, 5) is 12.6. The van der Waals surface area contributed by atoms with E-state index in [1.807, 2.05) is 0 Å². The van der Waals surface area contributed by atoms with Gasteiger partial charge in [-0.15, -0.1) is 0 Å². The number of carbonyl (C=O) groups is 1. The van der Waals surface area contributed by atoms with Crippen LogP contribution < -0.4 is 5.73 Å². The Morgan fingerprint density at radius 1 is 1.73 bits per heavy atom. The first-order valence-electron chi connectivity index (χ1n) is 2.78. The highest BCUT2D eigenvalue weighted by molar-refractivity contribution is 5.73. The minimum absolute atomic E-state index is 0.251. The molecule has 60 valence electrons. The van der Waals surface area contributed by atoms with Crippen molar-refractivity contribution in [3.8, 4) is 0 Å². The van der Waals surface area contributed by atoms with Crippen LogP contribution in [0.5, 0.6) is 0 Å². The van der Waals surface area contributed by atoms with Crippen molar-refractivity contribution in [2.45, 2.75) is 12.5 Å². The Labute approximate surface area is 62.6 Å². The van der Waals surface area contributed by atoms with Crippen LogP contribution in [0.15, 0.2) is 12.0 Å². The van der Waals surface area contributed by atoms with E-state index in [2.05, 4.69) is 4.98 Å². The van der Waals surface area contributed by atoms with E-state index in [4.69, 9.17) is 21.3 Å². The number of rotatable bonds is 3. The van der Waals surface area contributed by atoms with E-state index in [9.17, 15) is 4.79 Å². The van der Waals surface area contributed by atoms with Crippen molar-refractivity contribution in [1.82, 2.24) is 0 Å². The fraction of sp³-hybridized carbons (Fsp3) is 0.400. The van der Waals surface area contributed by atoms with E-state index in [1.165, 1.54) is 0 Å². The molecule has 1 unspecified atom stereocenters. The lowest BCUT2D eigenvalue weighted by atomic mass is 10.2. The Hall–Kier alpha value is -1.61. The molecule has 4 N–H and O–H groups in total. The van der Waals surface area contributed by atoms with Crippen LogP contribution in [0.4, 0.5) is 0 Å². The molecule has 11 heavy (non-hydrogen) atoms. The first kappa shape index (κ1) is 9.39. The lowest BCUT2D eigenvalue weighted by molar-refractivity contribution is -0.138. The molecule has 0 aliphatic heterocycles. The highest BCUT2D eigenvalue weighted by atomic mass is 16.4. The molecule has 0 aliphatic carbocycles. The molecule has 0 fully saturated rings. The topological polar surface area (TPSA) is 112 Å². The van der Waals surface area contributed by atoms with Gasteiger partial charge in [-0.1, -0.05) is 0 Å². The van der Waals surface area contributed by atoms with Crippen LogP contribution in [-0.4, -0.2) is 22.2 Å². The molecule has 0 rings (SSSR count). The summed E-state index contributed by atoms with van der Waals surface area (Å²) in [6.45, 7) is 0. The largest absolute Gasteiger partial charge is 0.505 e. The zero-order valence-corrected chi connectivity index (χ0v) is 5.64. The van der Waals surface area contributed by atoms with Gasteiger partial charge in [0.05, 0.1) is 0 Å². The molecular weight excluding hydrogens is 150 g/mol. The number of aliphatic carboxylic acids is 1. The lowest BCUT2D eigenvalue weighted by Crippen LogP contribution is -2.30. The molecule has 0 amide bonds. The van der Waals surface area contributed by atoms with Gasteiger partial charge in [-0.3, -0.25) is 4.79 Å². The van der Waals surface area contributed by atoms with E-state index in [0.717, 1.165) is 6.20 Å². The average molecular weight is 158 g/mol.